The Balaban J connectivity index is 1.63. The lowest BCUT2D eigenvalue weighted by Crippen LogP contribution is -2.14. The van der Waals surface area contributed by atoms with Crippen LogP contribution in [0.15, 0.2) is 24.3 Å². The minimum Gasteiger partial charge on any atom is -0.493 e. The van der Waals surface area contributed by atoms with Gasteiger partial charge < -0.3 is 10.1 Å². The number of anilines is 1. The van der Waals surface area contributed by atoms with E-state index in [-0.39, 0.29) is 11.7 Å². The third kappa shape index (κ3) is 2.40. The molecule has 0 saturated carbocycles. The minimum absolute atomic E-state index is 0.1000. The number of nitrogens with one attached hydrogen (secondary N) is 1. The molecule has 1 amide bonds. The summed E-state index contributed by atoms with van der Waals surface area (Å²) in [6.45, 7) is 4.47. The largest absolute Gasteiger partial charge is 0.493 e. The first-order valence-electron chi connectivity index (χ1n) is 7.38. The van der Waals surface area contributed by atoms with Crippen LogP contribution in [0.4, 0.5) is 5.69 Å². The van der Waals surface area contributed by atoms with Crippen LogP contribution in [0.3, 0.4) is 0 Å². The van der Waals surface area contributed by atoms with Crippen molar-refractivity contribution >= 4 is 17.4 Å². The van der Waals surface area contributed by atoms with Crippen molar-refractivity contribution in [2.45, 2.75) is 20.3 Å². The first kappa shape index (κ1) is 13.7. The topological polar surface area (TPSA) is 81.4 Å². The van der Waals surface area contributed by atoms with Gasteiger partial charge in [-0.05, 0) is 43.7 Å². The average molecular weight is 309 g/mol. The molecule has 1 aromatic carbocycles. The summed E-state index contributed by atoms with van der Waals surface area (Å²) in [7, 11) is 0. The van der Waals surface area contributed by atoms with Crippen LogP contribution in [0.25, 0.3) is 5.78 Å². The van der Waals surface area contributed by atoms with Crippen molar-refractivity contribution in [1.29, 1.82) is 0 Å². The zero-order valence-corrected chi connectivity index (χ0v) is 12.8. The summed E-state index contributed by atoms with van der Waals surface area (Å²) in [4.78, 5) is 20.9. The number of benzene rings is 1. The summed E-state index contributed by atoms with van der Waals surface area (Å²) in [5.74, 6) is 1.05. The fraction of sp³-hybridized carbons (Fsp3) is 0.250. The van der Waals surface area contributed by atoms with Crippen LogP contribution in [-0.4, -0.2) is 32.1 Å². The lowest BCUT2D eigenvalue weighted by atomic mass is 10.1. The molecule has 0 saturated heterocycles. The number of carbonyl (C=O) groups excluding carboxylic acids is 1. The number of fused-ring (bicyclic) bond motifs is 2. The van der Waals surface area contributed by atoms with E-state index in [2.05, 4.69) is 20.4 Å². The number of amides is 1. The van der Waals surface area contributed by atoms with E-state index in [0.717, 1.165) is 29.1 Å². The van der Waals surface area contributed by atoms with Gasteiger partial charge in [-0.3, -0.25) is 4.79 Å². The highest BCUT2D eigenvalue weighted by atomic mass is 16.5. The van der Waals surface area contributed by atoms with E-state index in [1.54, 1.807) is 4.52 Å². The molecule has 1 aliphatic heterocycles. The third-order valence-corrected chi connectivity index (χ3v) is 3.77. The number of aryl methyl sites for hydroxylation is 2. The molecule has 23 heavy (non-hydrogen) atoms. The van der Waals surface area contributed by atoms with Crippen molar-refractivity contribution < 1.29 is 9.53 Å². The molecule has 1 N–H and O–H groups in total. The highest BCUT2D eigenvalue weighted by Crippen LogP contribution is 2.27. The maximum absolute atomic E-state index is 12.4. The number of hydrogen-bond acceptors (Lipinski definition) is 5. The predicted molar refractivity (Wildman–Crippen MR) is 83.9 cm³/mol. The minimum atomic E-state index is -0.355. The summed E-state index contributed by atoms with van der Waals surface area (Å²) in [5.41, 5.74) is 3.53. The van der Waals surface area contributed by atoms with Crippen LogP contribution in [-0.2, 0) is 6.42 Å². The van der Waals surface area contributed by atoms with Gasteiger partial charge >= 0.3 is 0 Å². The first-order chi connectivity index (χ1) is 11.1. The first-order valence-corrected chi connectivity index (χ1v) is 7.38. The van der Waals surface area contributed by atoms with Crippen molar-refractivity contribution in [1.82, 2.24) is 19.6 Å². The number of ether oxygens (including phenoxy) is 1. The van der Waals surface area contributed by atoms with Gasteiger partial charge in [-0.1, -0.05) is 0 Å². The normalized spacial score (nSPS) is 13.0. The summed E-state index contributed by atoms with van der Waals surface area (Å²) < 4.78 is 7.03. The van der Waals surface area contributed by atoms with Crippen LogP contribution in [0.5, 0.6) is 5.75 Å². The molecule has 3 heterocycles. The predicted octanol–water partition coefficient (Wildman–Crippen LogP) is 1.93. The van der Waals surface area contributed by atoms with Gasteiger partial charge in [0.15, 0.2) is 0 Å². The molecule has 7 nitrogen and oxygen atoms in total. The maximum Gasteiger partial charge on any atom is 0.295 e. The molecule has 0 atom stereocenters. The molecule has 1 aliphatic rings. The standard InChI is InChI=1S/C16H15N5O2/c1-9-7-10(2)21-16(17-9)19-14(20-21)15(22)18-12-3-4-13-11(8-12)5-6-23-13/h3-4,7-8H,5-6H2,1-2H3,(H,18,22). The molecule has 0 fully saturated rings. The molecular formula is C16H15N5O2. The monoisotopic (exact) mass is 309 g/mol. The molecule has 0 aliphatic carbocycles. The third-order valence-electron chi connectivity index (χ3n) is 3.77. The summed E-state index contributed by atoms with van der Waals surface area (Å²) in [5, 5.41) is 7.05. The Kier molecular flexibility index (Phi) is 3.00. The van der Waals surface area contributed by atoms with Crippen LogP contribution in [0, 0.1) is 13.8 Å². The number of aromatic nitrogens is 4. The molecule has 0 spiro atoms. The number of hydrogen-bond donors (Lipinski definition) is 1. The van der Waals surface area contributed by atoms with Gasteiger partial charge in [0.1, 0.15) is 5.75 Å². The van der Waals surface area contributed by atoms with Crippen molar-refractivity contribution in [3.8, 4) is 5.75 Å². The summed E-state index contributed by atoms with van der Waals surface area (Å²) >= 11 is 0. The zero-order chi connectivity index (χ0) is 16.0. The number of nitrogens with zero attached hydrogens (tertiary/aromatic N) is 4. The van der Waals surface area contributed by atoms with Crippen LogP contribution < -0.4 is 10.1 Å². The van der Waals surface area contributed by atoms with E-state index >= 15 is 0 Å². The van der Waals surface area contributed by atoms with Crippen LogP contribution in [0.1, 0.15) is 27.6 Å². The fourth-order valence-electron chi connectivity index (χ4n) is 2.71. The Morgan fingerprint density at radius 3 is 3.00 bits per heavy atom. The van der Waals surface area contributed by atoms with E-state index in [1.165, 1.54) is 0 Å². The molecule has 0 radical (unpaired) electrons. The average Bonchev–Trinajstić information content (AvgIpc) is 3.12. The Labute approximate surface area is 132 Å². The summed E-state index contributed by atoms with van der Waals surface area (Å²) in [6, 6.07) is 7.49. The number of carbonyl (C=O) groups is 1. The zero-order valence-electron chi connectivity index (χ0n) is 12.8. The Morgan fingerprint density at radius 1 is 1.26 bits per heavy atom. The molecular weight excluding hydrogens is 294 g/mol. The molecule has 3 aromatic rings. The molecule has 2 aromatic heterocycles. The van der Waals surface area contributed by atoms with E-state index in [1.807, 2.05) is 38.1 Å². The van der Waals surface area contributed by atoms with Crippen molar-refractivity contribution in [3.05, 3.63) is 47.0 Å². The van der Waals surface area contributed by atoms with E-state index in [0.29, 0.717) is 18.1 Å². The molecule has 0 bridgehead atoms. The van der Waals surface area contributed by atoms with E-state index in [9.17, 15) is 4.79 Å². The van der Waals surface area contributed by atoms with Crippen molar-refractivity contribution in [2.24, 2.45) is 0 Å². The summed E-state index contributed by atoms with van der Waals surface area (Å²) in [6.07, 6.45) is 0.855. The van der Waals surface area contributed by atoms with E-state index < -0.39 is 0 Å². The maximum atomic E-state index is 12.4. The van der Waals surface area contributed by atoms with Crippen LogP contribution >= 0.6 is 0 Å². The van der Waals surface area contributed by atoms with Gasteiger partial charge in [-0.25, -0.2) is 9.50 Å². The Bertz CT molecular complexity index is 932. The van der Waals surface area contributed by atoms with Gasteiger partial charge in [0.25, 0.3) is 11.7 Å². The van der Waals surface area contributed by atoms with Gasteiger partial charge in [-0.2, -0.15) is 4.98 Å². The van der Waals surface area contributed by atoms with Crippen molar-refractivity contribution in [3.63, 3.8) is 0 Å². The highest BCUT2D eigenvalue weighted by Gasteiger charge is 2.17. The van der Waals surface area contributed by atoms with E-state index in [4.69, 9.17) is 4.74 Å². The Hall–Kier alpha value is -2.96. The van der Waals surface area contributed by atoms with Crippen LogP contribution in [0.2, 0.25) is 0 Å². The quantitative estimate of drug-likeness (QED) is 0.782. The van der Waals surface area contributed by atoms with Gasteiger partial charge in [0, 0.05) is 23.5 Å². The SMILES string of the molecule is Cc1cc(C)n2nc(C(=O)Nc3ccc4c(c3)CCO4)nc2n1. The van der Waals surface area contributed by atoms with Gasteiger partial charge in [-0.15, -0.1) is 5.10 Å². The lowest BCUT2D eigenvalue weighted by Gasteiger charge is -2.04. The molecule has 4 rings (SSSR count). The molecule has 116 valence electrons. The second-order valence-corrected chi connectivity index (χ2v) is 5.56. The second-order valence-electron chi connectivity index (χ2n) is 5.56. The highest BCUT2D eigenvalue weighted by molar-refractivity contribution is 6.01. The second kappa shape index (κ2) is 5.05. The van der Waals surface area contributed by atoms with Crippen molar-refractivity contribution in [2.75, 3.05) is 11.9 Å². The smallest absolute Gasteiger partial charge is 0.295 e. The van der Waals surface area contributed by atoms with Gasteiger partial charge in [0.05, 0.1) is 6.61 Å². The molecule has 7 heteroatoms. The van der Waals surface area contributed by atoms with Gasteiger partial charge in [0.2, 0.25) is 5.82 Å². The fourth-order valence-corrected chi connectivity index (χ4v) is 2.71. The lowest BCUT2D eigenvalue weighted by molar-refractivity contribution is 0.101. The molecule has 0 unspecified atom stereocenters. The Morgan fingerprint density at radius 2 is 2.13 bits per heavy atom. The number of rotatable bonds is 2.